The van der Waals surface area contributed by atoms with Gasteiger partial charge >= 0.3 is 5.97 Å². The third-order valence-electron chi connectivity index (χ3n) is 3.91. The number of rotatable bonds is 4. The number of carboxylic acid groups (broad SMARTS) is 1. The largest absolute Gasteiger partial charge is 0.476 e. The highest BCUT2D eigenvalue weighted by atomic mass is 32.1. The third kappa shape index (κ3) is 2.91. The summed E-state index contributed by atoms with van der Waals surface area (Å²) in [6, 6.07) is 0. The van der Waals surface area contributed by atoms with E-state index in [4.69, 9.17) is 5.11 Å². The molecular formula is C14H21NO2S. The van der Waals surface area contributed by atoms with Gasteiger partial charge in [-0.15, -0.1) is 11.3 Å². The van der Waals surface area contributed by atoms with E-state index in [0.717, 1.165) is 15.8 Å². The van der Waals surface area contributed by atoms with Crippen LogP contribution < -0.4 is 0 Å². The van der Waals surface area contributed by atoms with Crippen LogP contribution in [0.15, 0.2) is 0 Å². The van der Waals surface area contributed by atoms with E-state index >= 15 is 0 Å². The van der Waals surface area contributed by atoms with E-state index < -0.39 is 5.97 Å². The van der Waals surface area contributed by atoms with Crippen molar-refractivity contribution in [3.8, 4) is 0 Å². The molecule has 1 aliphatic carbocycles. The van der Waals surface area contributed by atoms with Crippen molar-refractivity contribution in [2.24, 2.45) is 5.92 Å². The SMILES string of the molecule is CCCC1CCC(c2nc(C(=O)O)c(C)s2)CC1. The van der Waals surface area contributed by atoms with Crippen LogP contribution in [-0.4, -0.2) is 16.1 Å². The van der Waals surface area contributed by atoms with Crippen LogP contribution in [0.1, 0.15) is 71.7 Å². The number of nitrogens with zero attached hydrogens (tertiary/aromatic N) is 1. The van der Waals surface area contributed by atoms with E-state index in [1.807, 2.05) is 6.92 Å². The van der Waals surface area contributed by atoms with Crippen LogP contribution in [-0.2, 0) is 0 Å². The monoisotopic (exact) mass is 267 g/mol. The average molecular weight is 267 g/mol. The molecule has 0 spiro atoms. The van der Waals surface area contributed by atoms with E-state index in [-0.39, 0.29) is 5.69 Å². The molecule has 1 fully saturated rings. The van der Waals surface area contributed by atoms with E-state index in [9.17, 15) is 4.79 Å². The van der Waals surface area contributed by atoms with Gasteiger partial charge in [0.25, 0.3) is 0 Å². The maximum atomic E-state index is 11.0. The standard InChI is InChI=1S/C14H21NO2S/c1-3-4-10-5-7-11(8-6-10)13-15-12(14(16)17)9(2)18-13/h10-11H,3-8H2,1-2H3,(H,16,17). The van der Waals surface area contributed by atoms with Crippen molar-refractivity contribution in [2.45, 2.75) is 58.3 Å². The van der Waals surface area contributed by atoms with Gasteiger partial charge in [-0.2, -0.15) is 0 Å². The van der Waals surface area contributed by atoms with Crippen LogP contribution in [0.5, 0.6) is 0 Å². The highest BCUT2D eigenvalue weighted by Crippen LogP contribution is 2.39. The highest BCUT2D eigenvalue weighted by Gasteiger charge is 2.25. The summed E-state index contributed by atoms with van der Waals surface area (Å²) in [7, 11) is 0. The molecule has 0 aromatic carbocycles. The first-order valence-electron chi connectivity index (χ1n) is 6.82. The molecule has 1 aliphatic rings. The highest BCUT2D eigenvalue weighted by molar-refractivity contribution is 7.12. The van der Waals surface area contributed by atoms with Crippen molar-refractivity contribution in [3.05, 3.63) is 15.6 Å². The normalized spacial score (nSPS) is 24.1. The molecule has 1 heterocycles. The van der Waals surface area contributed by atoms with Gasteiger partial charge in [-0.05, 0) is 38.5 Å². The summed E-state index contributed by atoms with van der Waals surface area (Å²) in [5.41, 5.74) is 0.255. The zero-order valence-corrected chi connectivity index (χ0v) is 11.9. The first kappa shape index (κ1) is 13.5. The number of hydrogen-bond donors (Lipinski definition) is 1. The molecule has 0 unspecified atom stereocenters. The van der Waals surface area contributed by atoms with Gasteiger partial charge in [0, 0.05) is 10.8 Å². The van der Waals surface area contributed by atoms with Crippen molar-refractivity contribution in [1.82, 2.24) is 4.98 Å². The van der Waals surface area contributed by atoms with Crippen LogP contribution in [0.4, 0.5) is 0 Å². The van der Waals surface area contributed by atoms with Gasteiger partial charge in [0.2, 0.25) is 0 Å². The van der Waals surface area contributed by atoms with Gasteiger partial charge in [-0.3, -0.25) is 0 Å². The molecule has 0 atom stereocenters. The fourth-order valence-corrected chi connectivity index (χ4v) is 3.98. The second kappa shape index (κ2) is 5.83. The zero-order valence-electron chi connectivity index (χ0n) is 11.1. The maximum absolute atomic E-state index is 11.0. The summed E-state index contributed by atoms with van der Waals surface area (Å²) in [5.74, 6) is 0.482. The summed E-state index contributed by atoms with van der Waals surface area (Å²) >= 11 is 1.57. The van der Waals surface area contributed by atoms with Crippen molar-refractivity contribution in [1.29, 1.82) is 0 Å². The zero-order chi connectivity index (χ0) is 13.1. The molecular weight excluding hydrogens is 246 g/mol. The molecule has 18 heavy (non-hydrogen) atoms. The van der Waals surface area contributed by atoms with E-state index in [1.54, 1.807) is 11.3 Å². The topological polar surface area (TPSA) is 50.2 Å². The molecule has 0 amide bonds. The van der Waals surface area contributed by atoms with Gasteiger partial charge in [0.05, 0.1) is 5.01 Å². The molecule has 3 nitrogen and oxygen atoms in total. The predicted octanol–water partition coefficient (Wildman–Crippen LogP) is 4.22. The molecule has 1 N–H and O–H groups in total. The Labute approximate surface area is 112 Å². The number of carboxylic acids is 1. The summed E-state index contributed by atoms with van der Waals surface area (Å²) in [6.45, 7) is 4.10. The van der Waals surface area contributed by atoms with Crippen molar-refractivity contribution in [2.75, 3.05) is 0 Å². The predicted molar refractivity (Wildman–Crippen MR) is 73.4 cm³/mol. The van der Waals surface area contributed by atoms with Crippen LogP contribution in [0.25, 0.3) is 0 Å². The molecule has 100 valence electrons. The maximum Gasteiger partial charge on any atom is 0.355 e. The quantitative estimate of drug-likeness (QED) is 0.888. The van der Waals surface area contributed by atoms with E-state index in [0.29, 0.717) is 5.92 Å². The molecule has 0 bridgehead atoms. The molecule has 1 saturated carbocycles. The summed E-state index contributed by atoms with van der Waals surface area (Å²) in [6.07, 6.45) is 7.52. The smallest absolute Gasteiger partial charge is 0.355 e. The van der Waals surface area contributed by atoms with Gasteiger partial charge < -0.3 is 5.11 Å². The second-order valence-electron chi connectivity index (χ2n) is 5.27. The number of carbonyl (C=O) groups is 1. The Morgan fingerprint density at radius 2 is 2.06 bits per heavy atom. The minimum absolute atomic E-state index is 0.255. The van der Waals surface area contributed by atoms with E-state index in [1.165, 1.54) is 38.5 Å². The van der Waals surface area contributed by atoms with Gasteiger partial charge in [-0.1, -0.05) is 19.8 Å². The Balaban J connectivity index is 2.01. The Hall–Kier alpha value is -0.900. The number of thiazole rings is 1. The Morgan fingerprint density at radius 1 is 1.39 bits per heavy atom. The summed E-state index contributed by atoms with van der Waals surface area (Å²) in [4.78, 5) is 16.2. The van der Waals surface area contributed by atoms with Crippen LogP contribution in [0.2, 0.25) is 0 Å². The fraction of sp³-hybridized carbons (Fsp3) is 0.714. The Morgan fingerprint density at radius 3 is 2.56 bits per heavy atom. The lowest BCUT2D eigenvalue weighted by Crippen LogP contribution is -2.13. The van der Waals surface area contributed by atoms with Crippen molar-refractivity contribution < 1.29 is 9.90 Å². The molecule has 0 radical (unpaired) electrons. The Bertz CT molecular complexity index is 419. The number of aromatic carboxylic acids is 1. The fourth-order valence-electron chi connectivity index (χ4n) is 2.90. The third-order valence-corrected chi connectivity index (χ3v) is 5.04. The molecule has 1 aromatic rings. The minimum atomic E-state index is -0.894. The van der Waals surface area contributed by atoms with Crippen molar-refractivity contribution in [3.63, 3.8) is 0 Å². The number of aryl methyl sites for hydroxylation is 1. The second-order valence-corrected chi connectivity index (χ2v) is 6.50. The molecule has 4 heteroatoms. The lowest BCUT2D eigenvalue weighted by Gasteiger charge is -2.26. The van der Waals surface area contributed by atoms with Crippen LogP contribution >= 0.6 is 11.3 Å². The van der Waals surface area contributed by atoms with E-state index in [2.05, 4.69) is 11.9 Å². The molecule has 2 rings (SSSR count). The van der Waals surface area contributed by atoms with Gasteiger partial charge in [0.15, 0.2) is 5.69 Å². The number of aromatic nitrogens is 1. The summed E-state index contributed by atoms with van der Waals surface area (Å²) in [5, 5.41) is 10.1. The lowest BCUT2D eigenvalue weighted by molar-refractivity contribution is 0.0690. The minimum Gasteiger partial charge on any atom is -0.476 e. The number of hydrogen-bond acceptors (Lipinski definition) is 3. The summed E-state index contributed by atoms with van der Waals surface area (Å²) < 4.78 is 0. The van der Waals surface area contributed by atoms with Crippen LogP contribution in [0, 0.1) is 12.8 Å². The lowest BCUT2D eigenvalue weighted by atomic mass is 9.80. The van der Waals surface area contributed by atoms with Gasteiger partial charge in [-0.25, -0.2) is 9.78 Å². The first-order chi connectivity index (χ1) is 8.61. The van der Waals surface area contributed by atoms with Crippen LogP contribution in [0.3, 0.4) is 0 Å². The van der Waals surface area contributed by atoms with Crippen molar-refractivity contribution >= 4 is 17.3 Å². The van der Waals surface area contributed by atoms with Gasteiger partial charge in [0.1, 0.15) is 0 Å². The average Bonchev–Trinajstić information content (AvgIpc) is 2.73. The molecule has 0 aliphatic heterocycles. The Kier molecular flexibility index (Phi) is 4.38. The first-order valence-corrected chi connectivity index (χ1v) is 7.64. The molecule has 0 saturated heterocycles. The molecule has 1 aromatic heterocycles.